The van der Waals surface area contributed by atoms with Crippen molar-refractivity contribution in [1.82, 2.24) is 0 Å². The number of carboxylic acids is 1. The molecule has 0 radical (unpaired) electrons. The molecular formula is C9H8BrIO2. The molecule has 0 spiro atoms. The summed E-state index contributed by atoms with van der Waals surface area (Å²) in [5.74, 6) is -0.751. The second kappa shape index (κ2) is 4.95. The van der Waals surface area contributed by atoms with E-state index in [9.17, 15) is 4.79 Å². The van der Waals surface area contributed by atoms with Crippen LogP contribution in [0.4, 0.5) is 0 Å². The SMILES string of the molecule is O=C(O)CCc1ccc(Br)cc1I. The van der Waals surface area contributed by atoms with Crippen LogP contribution in [-0.2, 0) is 11.2 Å². The van der Waals surface area contributed by atoms with E-state index in [0.29, 0.717) is 6.42 Å². The smallest absolute Gasteiger partial charge is 0.303 e. The van der Waals surface area contributed by atoms with E-state index in [2.05, 4.69) is 38.5 Å². The predicted octanol–water partition coefficient (Wildman–Crippen LogP) is 3.07. The van der Waals surface area contributed by atoms with Crippen LogP contribution in [0.2, 0.25) is 0 Å². The first-order chi connectivity index (χ1) is 6.09. The zero-order valence-corrected chi connectivity index (χ0v) is 10.5. The topological polar surface area (TPSA) is 37.3 Å². The molecule has 0 heterocycles. The first kappa shape index (κ1) is 11.0. The zero-order chi connectivity index (χ0) is 9.84. The fourth-order valence-electron chi connectivity index (χ4n) is 0.966. The maximum atomic E-state index is 10.3. The molecule has 0 amide bonds. The van der Waals surface area contributed by atoms with Crippen LogP contribution in [0.15, 0.2) is 22.7 Å². The van der Waals surface area contributed by atoms with Crippen LogP contribution < -0.4 is 0 Å². The summed E-state index contributed by atoms with van der Waals surface area (Å²) >= 11 is 5.57. The fraction of sp³-hybridized carbons (Fsp3) is 0.222. The molecule has 0 fully saturated rings. The van der Waals surface area contributed by atoms with E-state index in [1.807, 2.05) is 18.2 Å². The average molecular weight is 355 g/mol. The van der Waals surface area contributed by atoms with Crippen molar-refractivity contribution in [3.05, 3.63) is 31.8 Å². The van der Waals surface area contributed by atoms with Crippen molar-refractivity contribution >= 4 is 44.5 Å². The molecule has 0 aliphatic carbocycles. The lowest BCUT2D eigenvalue weighted by Crippen LogP contribution is -1.98. The number of carbonyl (C=O) groups is 1. The van der Waals surface area contributed by atoms with E-state index < -0.39 is 5.97 Å². The molecule has 70 valence electrons. The van der Waals surface area contributed by atoms with E-state index in [1.165, 1.54) is 0 Å². The van der Waals surface area contributed by atoms with Gasteiger partial charge in [0.2, 0.25) is 0 Å². The summed E-state index contributed by atoms with van der Waals surface area (Å²) in [5.41, 5.74) is 1.09. The Morgan fingerprint density at radius 1 is 1.54 bits per heavy atom. The van der Waals surface area contributed by atoms with Crippen LogP contribution in [0.3, 0.4) is 0 Å². The van der Waals surface area contributed by atoms with Gasteiger partial charge in [-0.2, -0.15) is 0 Å². The summed E-state index contributed by atoms with van der Waals surface area (Å²) in [5, 5.41) is 8.51. The highest BCUT2D eigenvalue weighted by atomic mass is 127. The first-order valence-corrected chi connectivity index (χ1v) is 5.62. The highest BCUT2D eigenvalue weighted by Crippen LogP contribution is 2.19. The Balaban J connectivity index is 2.72. The molecule has 0 unspecified atom stereocenters. The van der Waals surface area contributed by atoms with E-state index in [4.69, 9.17) is 5.11 Å². The van der Waals surface area contributed by atoms with Crippen LogP contribution in [-0.4, -0.2) is 11.1 Å². The Morgan fingerprint density at radius 3 is 2.77 bits per heavy atom. The minimum Gasteiger partial charge on any atom is -0.481 e. The third-order valence-corrected chi connectivity index (χ3v) is 3.12. The van der Waals surface area contributed by atoms with Crippen molar-refractivity contribution < 1.29 is 9.90 Å². The van der Waals surface area contributed by atoms with Crippen LogP contribution in [0.25, 0.3) is 0 Å². The maximum absolute atomic E-state index is 10.3. The number of benzene rings is 1. The largest absolute Gasteiger partial charge is 0.481 e. The molecule has 13 heavy (non-hydrogen) atoms. The van der Waals surface area contributed by atoms with Crippen molar-refractivity contribution in [2.75, 3.05) is 0 Å². The van der Waals surface area contributed by atoms with Gasteiger partial charge in [0.1, 0.15) is 0 Å². The van der Waals surface area contributed by atoms with Crippen molar-refractivity contribution in [3.8, 4) is 0 Å². The number of rotatable bonds is 3. The Labute approximate surface area is 98.6 Å². The second-order valence-corrected chi connectivity index (χ2v) is 4.71. The number of hydrogen-bond acceptors (Lipinski definition) is 1. The summed E-state index contributed by atoms with van der Waals surface area (Å²) in [4.78, 5) is 10.3. The molecule has 0 saturated heterocycles. The number of halogens is 2. The minimum atomic E-state index is -0.751. The van der Waals surface area contributed by atoms with E-state index in [-0.39, 0.29) is 6.42 Å². The Kier molecular flexibility index (Phi) is 4.18. The maximum Gasteiger partial charge on any atom is 0.303 e. The van der Waals surface area contributed by atoms with Gasteiger partial charge in [0.25, 0.3) is 0 Å². The Morgan fingerprint density at radius 2 is 2.23 bits per heavy atom. The lowest BCUT2D eigenvalue weighted by Gasteiger charge is -2.02. The molecular weight excluding hydrogens is 347 g/mol. The summed E-state index contributed by atoms with van der Waals surface area (Å²) < 4.78 is 2.13. The fourth-order valence-corrected chi connectivity index (χ4v) is 2.54. The molecule has 1 aromatic carbocycles. The number of aliphatic carboxylic acids is 1. The summed E-state index contributed by atoms with van der Waals surface area (Å²) in [6.45, 7) is 0. The van der Waals surface area contributed by atoms with Crippen LogP contribution in [0, 0.1) is 3.57 Å². The summed E-state index contributed by atoms with van der Waals surface area (Å²) in [6.07, 6.45) is 0.790. The minimum absolute atomic E-state index is 0.192. The van der Waals surface area contributed by atoms with Gasteiger partial charge in [0, 0.05) is 14.5 Å². The number of carboxylic acid groups (broad SMARTS) is 1. The van der Waals surface area contributed by atoms with Gasteiger partial charge in [-0.3, -0.25) is 4.79 Å². The molecule has 1 N–H and O–H groups in total. The molecule has 0 bridgehead atoms. The van der Waals surface area contributed by atoms with Gasteiger partial charge >= 0.3 is 5.97 Å². The van der Waals surface area contributed by atoms with Crippen molar-refractivity contribution in [3.63, 3.8) is 0 Å². The van der Waals surface area contributed by atoms with Gasteiger partial charge in [0.15, 0.2) is 0 Å². The lowest BCUT2D eigenvalue weighted by molar-refractivity contribution is -0.136. The van der Waals surface area contributed by atoms with Gasteiger partial charge in [0.05, 0.1) is 0 Å². The molecule has 0 aromatic heterocycles. The number of hydrogen-bond donors (Lipinski definition) is 1. The van der Waals surface area contributed by atoms with Crippen LogP contribution in [0.5, 0.6) is 0 Å². The molecule has 2 nitrogen and oxygen atoms in total. The second-order valence-electron chi connectivity index (χ2n) is 2.63. The van der Waals surface area contributed by atoms with Gasteiger partial charge in [-0.15, -0.1) is 0 Å². The molecule has 0 aliphatic rings. The molecule has 0 atom stereocenters. The third-order valence-electron chi connectivity index (χ3n) is 1.62. The highest BCUT2D eigenvalue weighted by Gasteiger charge is 2.03. The monoisotopic (exact) mass is 354 g/mol. The van der Waals surface area contributed by atoms with E-state index >= 15 is 0 Å². The van der Waals surface area contributed by atoms with Crippen LogP contribution >= 0.6 is 38.5 Å². The highest BCUT2D eigenvalue weighted by molar-refractivity contribution is 14.1. The van der Waals surface area contributed by atoms with Gasteiger partial charge in [-0.05, 0) is 46.7 Å². The van der Waals surface area contributed by atoms with Gasteiger partial charge < -0.3 is 5.11 Å². The molecule has 0 saturated carbocycles. The van der Waals surface area contributed by atoms with Crippen molar-refractivity contribution in [2.24, 2.45) is 0 Å². The predicted molar refractivity (Wildman–Crippen MR) is 62.8 cm³/mol. The van der Waals surface area contributed by atoms with Gasteiger partial charge in [-0.1, -0.05) is 22.0 Å². The Bertz CT molecular complexity index is 325. The zero-order valence-electron chi connectivity index (χ0n) is 6.76. The van der Waals surface area contributed by atoms with Crippen LogP contribution in [0.1, 0.15) is 12.0 Å². The van der Waals surface area contributed by atoms with Gasteiger partial charge in [-0.25, -0.2) is 0 Å². The third kappa shape index (κ3) is 3.64. The first-order valence-electron chi connectivity index (χ1n) is 3.75. The Hall–Kier alpha value is -0.100. The standard InChI is InChI=1S/C9H8BrIO2/c10-7-3-1-6(8(11)5-7)2-4-9(12)13/h1,3,5H,2,4H2,(H,12,13). The normalized spacial score (nSPS) is 10.0. The van der Waals surface area contributed by atoms with Crippen molar-refractivity contribution in [1.29, 1.82) is 0 Å². The van der Waals surface area contributed by atoms with E-state index in [0.717, 1.165) is 13.6 Å². The lowest BCUT2D eigenvalue weighted by atomic mass is 10.1. The average Bonchev–Trinajstić information content (AvgIpc) is 2.02. The molecule has 1 aromatic rings. The summed E-state index contributed by atoms with van der Waals surface area (Å²) in [7, 11) is 0. The molecule has 1 rings (SSSR count). The quantitative estimate of drug-likeness (QED) is 0.847. The number of aryl methyl sites for hydroxylation is 1. The summed E-state index contributed by atoms with van der Waals surface area (Å²) in [6, 6.07) is 5.87. The van der Waals surface area contributed by atoms with E-state index in [1.54, 1.807) is 0 Å². The molecule has 0 aliphatic heterocycles. The van der Waals surface area contributed by atoms with Crippen molar-refractivity contribution in [2.45, 2.75) is 12.8 Å². The molecule has 4 heteroatoms.